The van der Waals surface area contributed by atoms with Crippen LogP contribution in [0.1, 0.15) is 77.7 Å². The summed E-state index contributed by atoms with van der Waals surface area (Å²) in [7, 11) is 1.54. The van der Waals surface area contributed by atoms with Crippen LogP contribution in [0.25, 0.3) is 0 Å². The van der Waals surface area contributed by atoms with Crippen LogP contribution >= 0.6 is 0 Å². The van der Waals surface area contributed by atoms with Crippen molar-refractivity contribution >= 4 is 23.5 Å². The van der Waals surface area contributed by atoms with E-state index in [0.29, 0.717) is 24.9 Å². The highest BCUT2D eigenvalue weighted by Crippen LogP contribution is 2.26. The van der Waals surface area contributed by atoms with Crippen LogP contribution in [0.2, 0.25) is 0 Å². The molecule has 1 fully saturated rings. The third kappa shape index (κ3) is 12.0. The standard InChI is InChI=1S/C36H50N2O7/c1-24-14-13-15-27-20-29(22-30(39)21-27)38-33(40)23-31(44-4)18-11-6-5-7-12-19-32(25(2)34(24)41)45-36(43)26(3)37-35(42)28-16-9-8-10-17-28/h5-7,11-12,14,18,20-22,25-26,28,31-32,34,39,41H,8-10,13,15-17,19,23H2,1-4H3,(H,37,42)(H,38,40)/b6-5-,12-7-,18-11-,24-14-/t25?,26-,31?,32?,34?/m1/s1. The Balaban J connectivity index is 1.78. The van der Waals surface area contributed by atoms with Crippen LogP contribution in [0.5, 0.6) is 5.75 Å². The molecule has 4 unspecified atom stereocenters. The topological polar surface area (TPSA) is 134 Å². The second kappa shape index (κ2) is 18.3. The van der Waals surface area contributed by atoms with Crippen LogP contribution in [0.3, 0.4) is 0 Å². The van der Waals surface area contributed by atoms with Crippen LogP contribution < -0.4 is 10.6 Å². The lowest BCUT2D eigenvalue weighted by molar-refractivity contribution is -0.156. The van der Waals surface area contributed by atoms with Gasteiger partial charge in [0, 0.05) is 37.1 Å². The molecule has 1 heterocycles. The van der Waals surface area contributed by atoms with Gasteiger partial charge in [0.1, 0.15) is 17.9 Å². The second-order valence-corrected chi connectivity index (χ2v) is 12.2. The summed E-state index contributed by atoms with van der Waals surface area (Å²) in [5, 5.41) is 27.2. The highest BCUT2D eigenvalue weighted by molar-refractivity contribution is 5.91. The van der Waals surface area contributed by atoms with Gasteiger partial charge in [0.25, 0.3) is 0 Å². The number of amides is 2. The molecule has 9 heteroatoms. The number of nitrogens with one attached hydrogen (secondary N) is 2. The molecule has 1 aromatic rings. The predicted octanol–water partition coefficient (Wildman–Crippen LogP) is 5.68. The van der Waals surface area contributed by atoms with Gasteiger partial charge in [-0.25, -0.2) is 4.79 Å². The van der Waals surface area contributed by atoms with Crippen molar-refractivity contribution in [1.82, 2.24) is 5.32 Å². The zero-order valence-electron chi connectivity index (χ0n) is 27.0. The lowest BCUT2D eigenvalue weighted by Gasteiger charge is -2.29. The normalized spacial score (nSPS) is 28.2. The largest absolute Gasteiger partial charge is 0.508 e. The highest BCUT2D eigenvalue weighted by Gasteiger charge is 2.31. The molecule has 2 amide bonds. The monoisotopic (exact) mass is 622 g/mol. The zero-order valence-corrected chi connectivity index (χ0v) is 27.0. The molecule has 9 nitrogen and oxygen atoms in total. The summed E-state index contributed by atoms with van der Waals surface area (Å²) >= 11 is 0. The Bertz CT molecular complexity index is 1260. The van der Waals surface area contributed by atoms with Gasteiger partial charge in [0.15, 0.2) is 0 Å². The molecule has 3 rings (SSSR count). The fourth-order valence-electron chi connectivity index (χ4n) is 5.70. The Morgan fingerprint density at radius 3 is 2.53 bits per heavy atom. The summed E-state index contributed by atoms with van der Waals surface area (Å²) in [6, 6.07) is 4.16. The van der Waals surface area contributed by atoms with Crippen molar-refractivity contribution in [1.29, 1.82) is 0 Å². The molecule has 2 aliphatic rings. The molecule has 1 aliphatic carbocycles. The molecule has 1 aromatic carbocycles. The maximum absolute atomic E-state index is 13.1. The summed E-state index contributed by atoms with van der Waals surface area (Å²) in [6.45, 7) is 5.33. The molecule has 4 N–H and O–H groups in total. The minimum absolute atomic E-state index is 0.0465. The molecule has 2 bridgehead atoms. The first kappa shape index (κ1) is 35.8. The summed E-state index contributed by atoms with van der Waals surface area (Å²) in [5.41, 5.74) is 2.06. The van der Waals surface area contributed by atoms with E-state index in [-0.39, 0.29) is 29.9 Å². The lowest BCUT2D eigenvalue weighted by Crippen LogP contribution is -2.45. The van der Waals surface area contributed by atoms with Gasteiger partial charge in [0.2, 0.25) is 11.8 Å². The summed E-state index contributed by atoms with van der Waals surface area (Å²) in [6.07, 6.45) is 17.4. The minimum Gasteiger partial charge on any atom is -0.508 e. The third-order valence-corrected chi connectivity index (χ3v) is 8.52. The number of rotatable bonds is 5. The maximum Gasteiger partial charge on any atom is 0.328 e. The van der Waals surface area contributed by atoms with Crippen LogP contribution in [0.15, 0.2) is 66.3 Å². The number of allylic oxidation sites excluding steroid dienone is 5. The fraction of sp³-hybridized carbons (Fsp3) is 0.528. The van der Waals surface area contributed by atoms with E-state index in [4.69, 9.17) is 9.47 Å². The molecule has 1 saturated carbocycles. The molecule has 45 heavy (non-hydrogen) atoms. The average Bonchev–Trinajstić information content (AvgIpc) is 3.01. The van der Waals surface area contributed by atoms with E-state index >= 15 is 0 Å². The quantitative estimate of drug-likeness (QED) is 0.245. The SMILES string of the molecule is COC1\C=C/C=C\C=C/CC(OC(=O)[C@@H](C)NC(=O)C2CCCCC2)C(C)C(O)/C(C)=C\CCc2cc(O)cc(c2)NC(=O)C1. The first-order valence-electron chi connectivity index (χ1n) is 16.1. The number of methoxy groups -OCH3 is 1. The van der Waals surface area contributed by atoms with Crippen molar-refractivity contribution < 1.29 is 34.1 Å². The number of aliphatic hydroxyl groups is 1. The molecular weight excluding hydrogens is 572 g/mol. The number of esters is 1. The number of anilines is 1. The molecule has 0 radical (unpaired) electrons. The van der Waals surface area contributed by atoms with E-state index in [2.05, 4.69) is 10.6 Å². The number of carbonyl (C=O) groups excluding carboxylic acids is 3. The average molecular weight is 623 g/mol. The van der Waals surface area contributed by atoms with Crippen molar-refractivity contribution in [2.45, 2.75) is 103 Å². The van der Waals surface area contributed by atoms with Crippen LogP contribution in [0.4, 0.5) is 5.69 Å². The van der Waals surface area contributed by atoms with Crippen LogP contribution in [-0.2, 0) is 30.3 Å². The van der Waals surface area contributed by atoms with Crippen molar-refractivity contribution in [3.05, 3.63) is 71.9 Å². The van der Waals surface area contributed by atoms with Gasteiger partial charge in [-0.2, -0.15) is 0 Å². The summed E-state index contributed by atoms with van der Waals surface area (Å²) in [4.78, 5) is 38.5. The van der Waals surface area contributed by atoms with Gasteiger partial charge in [-0.3, -0.25) is 9.59 Å². The third-order valence-electron chi connectivity index (χ3n) is 8.52. The number of carbonyl (C=O) groups is 3. The molecule has 5 atom stereocenters. The van der Waals surface area contributed by atoms with Gasteiger partial charge in [0.05, 0.1) is 18.6 Å². The summed E-state index contributed by atoms with van der Waals surface area (Å²) < 4.78 is 11.4. The van der Waals surface area contributed by atoms with Gasteiger partial charge in [-0.1, -0.05) is 68.7 Å². The molecule has 0 saturated heterocycles. The number of ether oxygens (including phenoxy) is 2. The summed E-state index contributed by atoms with van der Waals surface area (Å²) in [5.74, 6) is -1.33. The van der Waals surface area contributed by atoms with E-state index in [9.17, 15) is 24.6 Å². The highest BCUT2D eigenvalue weighted by atomic mass is 16.5. The molecule has 1 aliphatic heterocycles. The zero-order chi connectivity index (χ0) is 32.8. The predicted molar refractivity (Wildman–Crippen MR) is 175 cm³/mol. The van der Waals surface area contributed by atoms with Crippen LogP contribution in [0, 0.1) is 11.8 Å². The van der Waals surface area contributed by atoms with Crippen molar-refractivity contribution in [3.63, 3.8) is 0 Å². The first-order valence-corrected chi connectivity index (χ1v) is 16.1. The molecule has 0 spiro atoms. The smallest absolute Gasteiger partial charge is 0.328 e. The number of aromatic hydroxyl groups is 1. The van der Waals surface area contributed by atoms with E-state index in [1.54, 1.807) is 31.2 Å². The lowest BCUT2D eigenvalue weighted by atomic mass is 9.88. The number of phenols is 1. The van der Waals surface area contributed by atoms with E-state index < -0.39 is 36.2 Å². The Kier molecular flexibility index (Phi) is 14.6. The number of aryl methyl sites for hydroxylation is 1. The number of hydrogen-bond acceptors (Lipinski definition) is 7. The Hall–Kier alpha value is -3.69. The van der Waals surface area contributed by atoms with Gasteiger partial charge in [-0.15, -0.1) is 0 Å². The van der Waals surface area contributed by atoms with Crippen LogP contribution in [-0.4, -0.2) is 59.5 Å². The van der Waals surface area contributed by atoms with Crippen molar-refractivity contribution in [3.8, 4) is 5.75 Å². The number of aliphatic hydroxyl groups excluding tert-OH is 1. The fourth-order valence-corrected chi connectivity index (χ4v) is 5.70. The van der Waals surface area contributed by atoms with E-state index in [0.717, 1.165) is 43.2 Å². The number of phenolic OH excluding ortho intramolecular Hbond substituents is 1. The minimum atomic E-state index is -0.874. The second-order valence-electron chi connectivity index (χ2n) is 12.2. The van der Waals surface area contributed by atoms with Gasteiger partial charge >= 0.3 is 5.97 Å². The van der Waals surface area contributed by atoms with E-state index in [1.807, 2.05) is 44.2 Å². The van der Waals surface area contributed by atoms with Gasteiger partial charge < -0.3 is 30.3 Å². The van der Waals surface area contributed by atoms with Crippen molar-refractivity contribution in [2.75, 3.05) is 12.4 Å². The number of hydrogen-bond donors (Lipinski definition) is 4. The first-order chi connectivity index (χ1) is 21.6. The van der Waals surface area contributed by atoms with Gasteiger partial charge in [-0.05, 0) is 62.8 Å². The number of benzene rings is 1. The number of fused-ring (bicyclic) bond motifs is 2. The Morgan fingerprint density at radius 2 is 1.80 bits per heavy atom. The maximum atomic E-state index is 13.1. The molecule has 0 aromatic heterocycles. The van der Waals surface area contributed by atoms with E-state index in [1.165, 1.54) is 13.2 Å². The molecule has 246 valence electrons. The Labute approximate surface area is 267 Å². The Morgan fingerprint density at radius 1 is 1.07 bits per heavy atom. The van der Waals surface area contributed by atoms with Crippen molar-refractivity contribution in [2.24, 2.45) is 11.8 Å². The molecular formula is C36H50N2O7.